The van der Waals surface area contributed by atoms with Crippen molar-refractivity contribution in [2.45, 2.75) is 18.0 Å². The third-order valence-electron chi connectivity index (χ3n) is 2.54. The molecule has 0 saturated heterocycles. The fourth-order valence-corrected chi connectivity index (χ4v) is 2.60. The molecule has 0 amide bonds. The first-order valence-electron chi connectivity index (χ1n) is 5.53. The molecule has 0 fully saturated rings. The zero-order valence-corrected chi connectivity index (χ0v) is 10.8. The maximum absolute atomic E-state index is 13.7. The van der Waals surface area contributed by atoms with Gasteiger partial charge in [0.1, 0.15) is 16.5 Å². The van der Waals surface area contributed by atoms with Crippen molar-refractivity contribution in [1.82, 2.24) is 4.72 Å². The van der Waals surface area contributed by atoms with Crippen LogP contribution < -0.4 is 10.5 Å². The Morgan fingerprint density at radius 1 is 1.32 bits per heavy atom. The summed E-state index contributed by atoms with van der Waals surface area (Å²) in [6.07, 6.45) is 1.43. The lowest BCUT2D eigenvalue weighted by Gasteiger charge is -2.07. The number of halogens is 1. The van der Waals surface area contributed by atoms with Gasteiger partial charge < -0.3 is 10.2 Å². The zero-order chi connectivity index (χ0) is 13.9. The van der Waals surface area contributed by atoms with Gasteiger partial charge in [-0.1, -0.05) is 6.07 Å². The summed E-state index contributed by atoms with van der Waals surface area (Å²) in [6, 6.07) is 7.05. The smallest absolute Gasteiger partial charge is 0.243 e. The molecule has 102 valence electrons. The lowest BCUT2D eigenvalue weighted by molar-refractivity contribution is 0.497. The van der Waals surface area contributed by atoms with E-state index in [-0.39, 0.29) is 13.1 Å². The van der Waals surface area contributed by atoms with Gasteiger partial charge in [0.2, 0.25) is 10.0 Å². The van der Waals surface area contributed by atoms with Gasteiger partial charge >= 0.3 is 0 Å². The number of nitrogens with one attached hydrogen (secondary N) is 1. The molecule has 3 N–H and O–H groups in total. The fourth-order valence-electron chi connectivity index (χ4n) is 1.55. The van der Waals surface area contributed by atoms with Crippen LogP contribution in [0.3, 0.4) is 0 Å². The molecule has 2 rings (SSSR count). The van der Waals surface area contributed by atoms with Crippen molar-refractivity contribution in [3.05, 3.63) is 53.7 Å². The second-order valence-corrected chi connectivity index (χ2v) is 5.61. The predicted molar refractivity (Wildman–Crippen MR) is 67.0 cm³/mol. The zero-order valence-electron chi connectivity index (χ0n) is 9.97. The predicted octanol–water partition coefficient (Wildman–Crippen LogP) is 1.36. The van der Waals surface area contributed by atoms with Gasteiger partial charge in [-0.25, -0.2) is 17.5 Å². The molecule has 0 atom stereocenters. The second kappa shape index (κ2) is 5.52. The fraction of sp³-hybridized carbons (Fsp3) is 0.167. The Morgan fingerprint density at radius 3 is 2.68 bits per heavy atom. The summed E-state index contributed by atoms with van der Waals surface area (Å²) in [5.74, 6) is -0.377. The van der Waals surface area contributed by atoms with Crippen LogP contribution in [-0.2, 0) is 23.1 Å². The Hall–Kier alpha value is -1.70. The number of hydrogen-bond acceptors (Lipinski definition) is 4. The summed E-state index contributed by atoms with van der Waals surface area (Å²) in [4.78, 5) is -0.406. The SMILES string of the molecule is NCc1ccc(S(=O)(=O)NCc2ccco2)c(F)c1. The highest BCUT2D eigenvalue weighted by Gasteiger charge is 2.19. The van der Waals surface area contributed by atoms with Crippen LogP contribution >= 0.6 is 0 Å². The van der Waals surface area contributed by atoms with E-state index in [0.29, 0.717) is 11.3 Å². The van der Waals surface area contributed by atoms with Crippen molar-refractivity contribution in [1.29, 1.82) is 0 Å². The summed E-state index contributed by atoms with van der Waals surface area (Å²) in [5.41, 5.74) is 5.89. The van der Waals surface area contributed by atoms with Gasteiger partial charge in [-0.05, 0) is 29.8 Å². The molecule has 1 heterocycles. The number of sulfonamides is 1. The maximum atomic E-state index is 13.7. The van der Waals surface area contributed by atoms with E-state index >= 15 is 0 Å². The van der Waals surface area contributed by atoms with Crippen LogP contribution in [0, 0.1) is 5.82 Å². The van der Waals surface area contributed by atoms with Crippen LogP contribution in [-0.4, -0.2) is 8.42 Å². The minimum absolute atomic E-state index is 0.0343. The van der Waals surface area contributed by atoms with Gasteiger partial charge in [0.15, 0.2) is 0 Å². The van der Waals surface area contributed by atoms with E-state index in [2.05, 4.69) is 4.72 Å². The first kappa shape index (κ1) is 13.7. The highest BCUT2D eigenvalue weighted by atomic mass is 32.2. The largest absolute Gasteiger partial charge is 0.468 e. The number of nitrogens with two attached hydrogens (primary N) is 1. The quantitative estimate of drug-likeness (QED) is 0.868. The molecule has 5 nitrogen and oxygen atoms in total. The third-order valence-corrected chi connectivity index (χ3v) is 3.97. The Morgan fingerprint density at radius 2 is 2.11 bits per heavy atom. The van der Waals surface area contributed by atoms with Gasteiger partial charge in [0.25, 0.3) is 0 Å². The topological polar surface area (TPSA) is 85.3 Å². The highest BCUT2D eigenvalue weighted by molar-refractivity contribution is 7.89. The van der Waals surface area contributed by atoms with E-state index in [4.69, 9.17) is 10.2 Å². The van der Waals surface area contributed by atoms with E-state index < -0.39 is 20.7 Å². The standard InChI is InChI=1S/C12H13FN2O3S/c13-11-6-9(7-14)3-4-12(11)19(16,17)15-8-10-2-1-5-18-10/h1-6,15H,7-8,14H2. The lowest BCUT2D eigenvalue weighted by atomic mass is 10.2. The molecular weight excluding hydrogens is 271 g/mol. The van der Waals surface area contributed by atoms with Crippen molar-refractivity contribution in [2.24, 2.45) is 5.73 Å². The molecule has 0 aliphatic carbocycles. The van der Waals surface area contributed by atoms with Crippen LogP contribution in [0.4, 0.5) is 4.39 Å². The molecule has 7 heteroatoms. The first-order valence-corrected chi connectivity index (χ1v) is 7.02. The van der Waals surface area contributed by atoms with Crippen molar-refractivity contribution < 1.29 is 17.2 Å². The Bertz CT molecular complexity index is 654. The third kappa shape index (κ3) is 3.19. The minimum atomic E-state index is -3.92. The molecule has 0 aliphatic rings. The molecule has 0 unspecified atom stereocenters. The number of benzene rings is 1. The highest BCUT2D eigenvalue weighted by Crippen LogP contribution is 2.16. The molecule has 0 aliphatic heterocycles. The molecule has 19 heavy (non-hydrogen) atoms. The van der Waals surface area contributed by atoms with Crippen LogP contribution in [0.2, 0.25) is 0 Å². The lowest BCUT2D eigenvalue weighted by Crippen LogP contribution is -2.24. The maximum Gasteiger partial charge on any atom is 0.243 e. The van der Waals surface area contributed by atoms with Gasteiger partial charge in [0.05, 0.1) is 12.8 Å². The van der Waals surface area contributed by atoms with E-state index in [1.165, 1.54) is 18.4 Å². The summed E-state index contributed by atoms with van der Waals surface area (Å²) < 4.78 is 44.8. The van der Waals surface area contributed by atoms with Crippen molar-refractivity contribution in [2.75, 3.05) is 0 Å². The average molecular weight is 284 g/mol. The molecule has 2 aromatic rings. The molecule has 0 radical (unpaired) electrons. The van der Waals surface area contributed by atoms with E-state index in [0.717, 1.165) is 6.07 Å². The van der Waals surface area contributed by atoms with E-state index in [1.807, 2.05) is 0 Å². The molecule has 0 saturated carbocycles. The van der Waals surface area contributed by atoms with Crippen molar-refractivity contribution in [3.8, 4) is 0 Å². The number of hydrogen-bond donors (Lipinski definition) is 2. The van der Waals surface area contributed by atoms with E-state index in [1.54, 1.807) is 12.1 Å². The molecule has 0 bridgehead atoms. The van der Waals surface area contributed by atoms with Gasteiger partial charge in [-0.2, -0.15) is 0 Å². The number of rotatable bonds is 5. The molecule has 1 aromatic heterocycles. The van der Waals surface area contributed by atoms with Gasteiger partial charge in [-0.3, -0.25) is 0 Å². The summed E-state index contributed by atoms with van der Waals surface area (Å²) in [5, 5.41) is 0. The average Bonchev–Trinajstić information content (AvgIpc) is 2.89. The van der Waals surface area contributed by atoms with E-state index in [9.17, 15) is 12.8 Å². The molecule has 1 aromatic carbocycles. The molecular formula is C12H13FN2O3S. The summed E-state index contributed by atoms with van der Waals surface area (Å²) in [7, 11) is -3.92. The minimum Gasteiger partial charge on any atom is -0.468 e. The van der Waals surface area contributed by atoms with Gasteiger partial charge in [0, 0.05) is 6.54 Å². The van der Waals surface area contributed by atoms with Crippen LogP contribution in [0.1, 0.15) is 11.3 Å². The number of furan rings is 1. The van der Waals surface area contributed by atoms with Crippen LogP contribution in [0.15, 0.2) is 45.9 Å². The van der Waals surface area contributed by atoms with Crippen LogP contribution in [0.25, 0.3) is 0 Å². The Labute approximate surface area is 110 Å². The van der Waals surface area contributed by atoms with Crippen molar-refractivity contribution >= 4 is 10.0 Å². The normalized spacial score (nSPS) is 11.7. The van der Waals surface area contributed by atoms with Crippen molar-refractivity contribution in [3.63, 3.8) is 0 Å². The van der Waals surface area contributed by atoms with Crippen LogP contribution in [0.5, 0.6) is 0 Å². The second-order valence-electron chi connectivity index (χ2n) is 3.87. The summed E-state index contributed by atoms with van der Waals surface area (Å²) in [6.45, 7) is 0.116. The Balaban J connectivity index is 2.19. The Kier molecular flexibility index (Phi) is 3.98. The van der Waals surface area contributed by atoms with Gasteiger partial charge in [-0.15, -0.1) is 0 Å². The monoisotopic (exact) mass is 284 g/mol. The molecule has 0 spiro atoms. The first-order chi connectivity index (χ1) is 9.03. The summed E-state index contributed by atoms with van der Waals surface area (Å²) >= 11 is 0.